The normalized spacial score (nSPS) is 14.4. The van der Waals surface area contributed by atoms with Gasteiger partial charge < -0.3 is 10.6 Å². The number of hydrogen-bond acceptors (Lipinski definition) is 3. The third kappa shape index (κ3) is 13.9. The fourth-order valence-corrected chi connectivity index (χ4v) is 4.44. The zero-order valence-electron chi connectivity index (χ0n) is 24.1. The molecule has 0 saturated heterocycles. The fourth-order valence-electron chi connectivity index (χ4n) is 3.37. The number of allylic oxidation sites excluding steroid dienone is 5. The Hall–Kier alpha value is -2.79. The molecule has 0 aliphatic heterocycles. The van der Waals surface area contributed by atoms with E-state index in [0.717, 1.165) is 16.0 Å². The third-order valence-corrected chi connectivity index (χ3v) is 6.24. The van der Waals surface area contributed by atoms with Crippen molar-refractivity contribution in [1.82, 2.24) is 10.6 Å². The maximum absolute atomic E-state index is 13.5. The molecule has 0 saturated carbocycles. The van der Waals surface area contributed by atoms with E-state index in [1.54, 1.807) is 31.1 Å². The number of benzene rings is 1. The minimum Gasteiger partial charge on any atom is -0.387 e. The molecule has 1 atom stereocenters. The summed E-state index contributed by atoms with van der Waals surface area (Å²) in [4.78, 5) is 13.7. The first-order chi connectivity index (χ1) is 17.5. The molecule has 1 unspecified atom stereocenters. The maximum Gasteiger partial charge on any atom is 0.248 e. The van der Waals surface area contributed by atoms with E-state index in [2.05, 4.69) is 63.6 Å². The van der Waals surface area contributed by atoms with Crippen LogP contribution in [0.25, 0.3) is 6.08 Å². The Morgan fingerprint density at radius 2 is 1.86 bits per heavy atom. The van der Waals surface area contributed by atoms with Crippen molar-refractivity contribution in [1.29, 1.82) is 0 Å². The summed E-state index contributed by atoms with van der Waals surface area (Å²) in [5.41, 5.74) is 4.19. The van der Waals surface area contributed by atoms with Gasteiger partial charge in [-0.15, -0.1) is 18.3 Å². The fraction of sp³-hybridized carbons (Fsp3) is 0.406. The first-order valence-electron chi connectivity index (χ1n) is 12.9. The van der Waals surface area contributed by atoms with Gasteiger partial charge in [0.25, 0.3) is 0 Å². The molecule has 2 rings (SSSR count). The number of likely N-dealkylation sites (N-methyl/N-ethyl adjacent to an activating group) is 1. The predicted molar refractivity (Wildman–Crippen MR) is 164 cm³/mol. The van der Waals surface area contributed by atoms with Crippen LogP contribution in [0.5, 0.6) is 0 Å². The Kier molecular flexibility index (Phi) is 17.1. The molecular formula is C32H47FN2OS. The summed E-state index contributed by atoms with van der Waals surface area (Å²) in [5.74, 6) is 0.368. The molecule has 2 N–H and O–H groups in total. The van der Waals surface area contributed by atoms with Crippen LogP contribution >= 0.6 is 11.8 Å². The van der Waals surface area contributed by atoms with Gasteiger partial charge in [0, 0.05) is 41.2 Å². The second kappa shape index (κ2) is 18.5. The highest BCUT2D eigenvalue weighted by molar-refractivity contribution is 8.03. The Bertz CT molecular complexity index is 996. The highest BCUT2D eigenvalue weighted by atomic mass is 32.2. The minimum atomic E-state index is -0.120. The lowest BCUT2D eigenvalue weighted by Crippen LogP contribution is -2.30. The predicted octanol–water partition coefficient (Wildman–Crippen LogP) is 8.68. The van der Waals surface area contributed by atoms with Gasteiger partial charge in [0.05, 0.1) is 0 Å². The lowest BCUT2D eigenvalue weighted by Gasteiger charge is -2.21. The van der Waals surface area contributed by atoms with E-state index in [1.807, 2.05) is 51.1 Å². The van der Waals surface area contributed by atoms with Gasteiger partial charge in [-0.05, 0) is 57.5 Å². The third-order valence-electron chi connectivity index (χ3n) is 5.06. The van der Waals surface area contributed by atoms with Crippen molar-refractivity contribution in [2.45, 2.75) is 66.8 Å². The maximum atomic E-state index is 13.5. The summed E-state index contributed by atoms with van der Waals surface area (Å²) in [5, 5.41) is 5.82. The number of nitrogens with one attached hydrogen (secondary N) is 2. The molecule has 5 heteroatoms. The van der Waals surface area contributed by atoms with Crippen LogP contribution < -0.4 is 10.6 Å². The monoisotopic (exact) mass is 526 g/mol. The van der Waals surface area contributed by atoms with Gasteiger partial charge in [0.15, 0.2) is 0 Å². The summed E-state index contributed by atoms with van der Waals surface area (Å²) in [6.45, 7) is 21.7. The molecular weight excluding hydrogens is 479 g/mol. The van der Waals surface area contributed by atoms with Crippen molar-refractivity contribution < 1.29 is 9.18 Å². The topological polar surface area (TPSA) is 41.1 Å². The number of halogens is 1. The van der Waals surface area contributed by atoms with Crippen molar-refractivity contribution in [2.75, 3.05) is 12.8 Å². The molecule has 0 heterocycles. The van der Waals surface area contributed by atoms with Crippen LogP contribution in [-0.4, -0.2) is 24.2 Å². The number of carbonyl (C=O) groups excluding carboxylic acids is 1. The van der Waals surface area contributed by atoms with Gasteiger partial charge in [-0.1, -0.05) is 81.5 Å². The Morgan fingerprint density at radius 1 is 1.19 bits per heavy atom. The van der Waals surface area contributed by atoms with Gasteiger partial charge in [0.1, 0.15) is 5.83 Å². The number of hydrogen-bond donors (Lipinski definition) is 2. The minimum absolute atomic E-state index is 0.0931. The van der Waals surface area contributed by atoms with Gasteiger partial charge in [0.2, 0.25) is 5.91 Å². The number of amides is 1. The zero-order chi connectivity index (χ0) is 28.4. The van der Waals surface area contributed by atoms with Crippen molar-refractivity contribution in [3.05, 3.63) is 101 Å². The van der Waals surface area contributed by atoms with E-state index in [9.17, 15) is 9.18 Å². The van der Waals surface area contributed by atoms with Crippen molar-refractivity contribution in [2.24, 2.45) is 5.92 Å². The van der Waals surface area contributed by atoms with Gasteiger partial charge in [-0.2, -0.15) is 0 Å². The van der Waals surface area contributed by atoms with E-state index in [1.165, 1.54) is 11.6 Å². The van der Waals surface area contributed by atoms with Crippen LogP contribution in [0.4, 0.5) is 4.39 Å². The quantitative estimate of drug-likeness (QED) is 0.250. The van der Waals surface area contributed by atoms with E-state index in [-0.39, 0.29) is 23.2 Å². The number of aryl methyl sites for hydroxylation is 1. The second-order valence-corrected chi connectivity index (χ2v) is 10.4. The van der Waals surface area contributed by atoms with Crippen LogP contribution in [0.15, 0.2) is 89.8 Å². The molecule has 1 aromatic carbocycles. The SMILES string of the molecule is C=CCS/C(C1=CC=C(F)CC1)=C(/C(=O)NC)C(C)/C=C/c1cccc(C)c1.C=CNC(C)(C)C.CC. The zero-order valence-corrected chi connectivity index (χ0v) is 24.9. The average molecular weight is 527 g/mol. The van der Waals surface area contributed by atoms with Gasteiger partial charge in [-0.25, -0.2) is 4.39 Å². The van der Waals surface area contributed by atoms with E-state index in [0.29, 0.717) is 24.2 Å². The molecule has 37 heavy (non-hydrogen) atoms. The van der Waals surface area contributed by atoms with Crippen LogP contribution in [0.2, 0.25) is 0 Å². The molecule has 1 amide bonds. The summed E-state index contributed by atoms with van der Waals surface area (Å²) in [7, 11) is 1.64. The lowest BCUT2D eigenvalue weighted by atomic mass is 9.93. The summed E-state index contributed by atoms with van der Waals surface area (Å²) >= 11 is 1.58. The first kappa shape index (κ1) is 34.2. The highest BCUT2D eigenvalue weighted by Gasteiger charge is 2.23. The van der Waals surface area contributed by atoms with Gasteiger partial charge in [-0.3, -0.25) is 4.79 Å². The summed E-state index contributed by atoms with van der Waals surface area (Å²) < 4.78 is 13.5. The standard InChI is InChI=1S/C24H28FNOS.C6H13N.C2H6/c1-5-15-28-23(20-11-13-21(25)14-12-20)22(24(27)26-4)18(3)9-10-19-8-6-7-17(2)16-19;1-5-7-6(2,3)4;1-2/h5-11,13,16,18H,1,12,14-15H2,2-4H3,(H,26,27);5,7H,1H2,2-4H3;1-2H3/b10-9+,23-22+;;. The molecule has 0 radical (unpaired) electrons. The number of carbonyl (C=O) groups is 1. The summed E-state index contributed by atoms with van der Waals surface area (Å²) in [6, 6.07) is 8.23. The molecule has 0 aromatic heterocycles. The first-order valence-corrected chi connectivity index (χ1v) is 13.9. The average Bonchev–Trinajstić information content (AvgIpc) is 2.86. The molecule has 0 spiro atoms. The molecule has 204 valence electrons. The molecule has 1 aromatic rings. The van der Waals surface area contributed by atoms with Crippen molar-refractivity contribution >= 4 is 23.7 Å². The smallest absolute Gasteiger partial charge is 0.248 e. The van der Waals surface area contributed by atoms with Crippen LogP contribution in [0.3, 0.4) is 0 Å². The van der Waals surface area contributed by atoms with E-state index >= 15 is 0 Å². The number of thioether (sulfide) groups is 1. The Labute approximate surface area is 229 Å². The Balaban J connectivity index is 0.00000124. The molecule has 3 nitrogen and oxygen atoms in total. The highest BCUT2D eigenvalue weighted by Crippen LogP contribution is 2.37. The van der Waals surface area contributed by atoms with Crippen LogP contribution in [0, 0.1) is 12.8 Å². The van der Waals surface area contributed by atoms with Gasteiger partial charge >= 0.3 is 0 Å². The molecule has 1 aliphatic carbocycles. The number of rotatable bonds is 9. The van der Waals surface area contributed by atoms with E-state index < -0.39 is 0 Å². The Morgan fingerprint density at radius 3 is 2.32 bits per heavy atom. The molecule has 1 aliphatic rings. The summed E-state index contributed by atoms with van der Waals surface area (Å²) in [6.07, 6.45) is 11.9. The largest absolute Gasteiger partial charge is 0.387 e. The van der Waals surface area contributed by atoms with Crippen LogP contribution in [0.1, 0.15) is 65.5 Å². The van der Waals surface area contributed by atoms with Crippen LogP contribution in [-0.2, 0) is 4.79 Å². The van der Waals surface area contributed by atoms with E-state index in [4.69, 9.17) is 0 Å². The molecule has 0 fully saturated rings. The van der Waals surface area contributed by atoms with Crippen molar-refractivity contribution in [3.8, 4) is 0 Å². The lowest BCUT2D eigenvalue weighted by molar-refractivity contribution is -0.117. The van der Waals surface area contributed by atoms with Crippen molar-refractivity contribution in [3.63, 3.8) is 0 Å². The molecule has 0 bridgehead atoms. The second-order valence-electron chi connectivity index (χ2n) is 9.39.